The molecule has 0 fully saturated rings. The van der Waals surface area contributed by atoms with E-state index in [4.69, 9.17) is 17.0 Å². The second-order valence-electron chi connectivity index (χ2n) is 3.51. The molecule has 1 rings (SSSR count). The maximum absolute atomic E-state index is 5.33. The van der Waals surface area contributed by atoms with Crippen molar-refractivity contribution in [1.82, 2.24) is 5.32 Å². The molecule has 0 saturated carbocycles. The lowest BCUT2D eigenvalue weighted by atomic mass is 10.1. The molecule has 4 heteroatoms. The first-order valence-electron chi connectivity index (χ1n) is 4.91. The minimum Gasteiger partial charge on any atom is -0.432 e. The number of hydrogen-bond acceptors (Lipinski definition) is 3. The second kappa shape index (κ2) is 5.51. The molecule has 1 aromatic rings. The quantitative estimate of drug-likeness (QED) is 0.642. The van der Waals surface area contributed by atoms with Gasteiger partial charge in [0.15, 0.2) is 0 Å². The average molecular weight is 236 g/mol. The summed E-state index contributed by atoms with van der Waals surface area (Å²) in [5.74, 6) is 0.544. The second-order valence-corrected chi connectivity index (χ2v) is 3.88. The first-order chi connectivity index (χ1) is 7.54. The molecule has 0 heterocycles. The minimum atomic E-state index is 0.320. The molecule has 0 atom stereocenters. The van der Waals surface area contributed by atoms with Crippen LogP contribution in [0.2, 0.25) is 0 Å². The van der Waals surface area contributed by atoms with Gasteiger partial charge in [0.25, 0.3) is 5.17 Å². The molecular weight excluding hydrogens is 220 g/mol. The number of anilines is 1. The van der Waals surface area contributed by atoms with Gasteiger partial charge in [-0.1, -0.05) is 18.7 Å². The molecule has 1 N–H and O–H groups in total. The summed E-state index contributed by atoms with van der Waals surface area (Å²) >= 11 is 4.91. The summed E-state index contributed by atoms with van der Waals surface area (Å²) in [6.07, 6.45) is 0. The van der Waals surface area contributed by atoms with E-state index >= 15 is 0 Å². The highest BCUT2D eigenvalue weighted by Crippen LogP contribution is 2.19. The fraction of sp³-hybridized carbons (Fsp3) is 0.250. The summed E-state index contributed by atoms with van der Waals surface area (Å²) in [5, 5.41) is 3.06. The summed E-state index contributed by atoms with van der Waals surface area (Å²) in [7, 11) is 5.69. The number of hydrogen-bond donors (Lipinski definition) is 1. The lowest BCUT2D eigenvalue weighted by molar-refractivity contribution is 0.501. The summed E-state index contributed by atoms with van der Waals surface area (Å²) in [4.78, 5) is 2.02. The average Bonchev–Trinajstić information content (AvgIpc) is 2.28. The van der Waals surface area contributed by atoms with Gasteiger partial charge in [-0.15, -0.1) is 0 Å². The topological polar surface area (TPSA) is 24.5 Å². The third kappa shape index (κ3) is 3.24. The zero-order chi connectivity index (χ0) is 12.1. The van der Waals surface area contributed by atoms with Crippen LogP contribution in [0.25, 0.3) is 5.76 Å². The predicted molar refractivity (Wildman–Crippen MR) is 72.5 cm³/mol. The number of ether oxygens (including phenoxy) is 1. The molecule has 0 aliphatic heterocycles. The van der Waals surface area contributed by atoms with Crippen molar-refractivity contribution < 1.29 is 4.74 Å². The van der Waals surface area contributed by atoms with Crippen LogP contribution in [0.5, 0.6) is 0 Å². The number of nitrogens with zero attached hydrogens (tertiary/aromatic N) is 1. The molecule has 0 unspecified atom stereocenters. The summed E-state index contributed by atoms with van der Waals surface area (Å²) in [6.45, 7) is 3.85. The van der Waals surface area contributed by atoms with Crippen molar-refractivity contribution >= 4 is 28.8 Å². The van der Waals surface area contributed by atoms with Gasteiger partial charge in [-0.05, 0) is 24.4 Å². The van der Waals surface area contributed by atoms with Crippen LogP contribution < -0.4 is 10.2 Å². The molecule has 0 aliphatic carbocycles. The number of benzene rings is 1. The highest BCUT2D eigenvalue weighted by Gasteiger charge is 2.04. The van der Waals surface area contributed by atoms with Crippen molar-refractivity contribution in [3.8, 4) is 0 Å². The van der Waals surface area contributed by atoms with Gasteiger partial charge in [-0.25, -0.2) is 0 Å². The van der Waals surface area contributed by atoms with Crippen LogP contribution in [0.15, 0.2) is 30.8 Å². The summed E-state index contributed by atoms with van der Waals surface area (Å²) in [6, 6.07) is 7.92. The number of thiocarbonyl (C=S) groups is 1. The lowest BCUT2D eigenvalue weighted by Gasteiger charge is -2.14. The Morgan fingerprint density at radius 3 is 2.69 bits per heavy atom. The van der Waals surface area contributed by atoms with Gasteiger partial charge in [-0.3, -0.25) is 0 Å². The third-order valence-corrected chi connectivity index (χ3v) is 2.39. The Kier molecular flexibility index (Phi) is 4.31. The Bertz CT molecular complexity index is 402. The molecule has 0 bridgehead atoms. The van der Waals surface area contributed by atoms with Gasteiger partial charge in [0.2, 0.25) is 0 Å². The number of rotatable bonds is 3. The normalized spacial score (nSPS) is 9.44. The van der Waals surface area contributed by atoms with Crippen LogP contribution in [0.3, 0.4) is 0 Å². The van der Waals surface area contributed by atoms with Gasteiger partial charge >= 0.3 is 0 Å². The Morgan fingerprint density at radius 1 is 1.44 bits per heavy atom. The van der Waals surface area contributed by atoms with Crippen LogP contribution in [0.1, 0.15) is 5.56 Å². The molecule has 3 nitrogen and oxygen atoms in total. The Balaban J connectivity index is 2.83. The predicted octanol–water partition coefficient (Wildman–Crippen LogP) is 2.24. The molecule has 16 heavy (non-hydrogen) atoms. The monoisotopic (exact) mass is 236 g/mol. The van der Waals surface area contributed by atoms with Crippen molar-refractivity contribution in [2.45, 2.75) is 0 Å². The minimum absolute atomic E-state index is 0.320. The molecule has 0 radical (unpaired) electrons. The summed E-state index contributed by atoms with van der Waals surface area (Å²) < 4.78 is 5.33. The van der Waals surface area contributed by atoms with E-state index in [1.165, 1.54) is 0 Å². The standard InChI is InChI=1S/C12H16N2OS/c1-9(15-12(16)13-2)10-6-5-7-11(8-10)14(3)4/h5-8H,1H2,2-4H3,(H,13,16). The zero-order valence-electron chi connectivity index (χ0n) is 9.78. The van der Waals surface area contributed by atoms with E-state index in [-0.39, 0.29) is 0 Å². The maximum Gasteiger partial charge on any atom is 0.261 e. The first kappa shape index (κ1) is 12.5. The van der Waals surface area contributed by atoms with Gasteiger partial charge in [0, 0.05) is 32.4 Å². The molecule has 0 amide bonds. The summed E-state index contributed by atoms with van der Waals surface area (Å²) in [5.41, 5.74) is 2.02. The fourth-order valence-electron chi connectivity index (χ4n) is 1.18. The Labute approximate surface area is 102 Å². The number of nitrogens with one attached hydrogen (secondary N) is 1. The SMILES string of the molecule is C=C(OC(=S)NC)c1cccc(N(C)C)c1. The van der Waals surface area contributed by atoms with Crippen LogP contribution in [0.4, 0.5) is 5.69 Å². The van der Waals surface area contributed by atoms with Crippen molar-refractivity contribution in [3.05, 3.63) is 36.4 Å². The highest BCUT2D eigenvalue weighted by molar-refractivity contribution is 7.80. The smallest absolute Gasteiger partial charge is 0.261 e. The van der Waals surface area contributed by atoms with E-state index in [2.05, 4.69) is 11.9 Å². The van der Waals surface area contributed by atoms with Gasteiger partial charge < -0.3 is 15.0 Å². The van der Waals surface area contributed by atoms with Crippen molar-refractivity contribution in [3.63, 3.8) is 0 Å². The molecular formula is C12H16N2OS. The molecule has 1 aromatic carbocycles. The van der Waals surface area contributed by atoms with Crippen LogP contribution in [-0.4, -0.2) is 26.3 Å². The van der Waals surface area contributed by atoms with E-state index < -0.39 is 0 Å². The fourth-order valence-corrected chi connectivity index (χ4v) is 1.28. The van der Waals surface area contributed by atoms with E-state index in [0.29, 0.717) is 10.9 Å². The maximum atomic E-state index is 5.33. The van der Waals surface area contributed by atoms with Crippen molar-refractivity contribution in [2.24, 2.45) is 0 Å². The van der Waals surface area contributed by atoms with E-state index in [0.717, 1.165) is 11.3 Å². The van der Waals surface area contributed by atoms with Gasteiger partial charge in [0.05, 0.1) is 0 Å². The molecule has 86 valence electrons. The van der Waals surface area contributed by atoms with Crippen molar-refractivity contribution in [2.75, 3.05) is 26.0 Å². The van der Waals surface area contributed by atoms with Crippen LogP contribution in [-0.2, 0) is 4.74 Å². The van der Waals surface area contributed by atoms with E-state index in [1.807, 2.05) is 43.3 Å². The zero-order valence-corrected chi connectivity index (χ0v) is 10.6. The molecule has 0 aromatic heterocycles. The molecule has 0 spiro atoms. The van der Waals surface area contributed by atoms with Crippen LogP contribution >= 0.6 is 12.2 Å². The molecule has 0 aliphatic rings. The van der Waals surface area contributed by atoms with Gasteiger partial charge in [-0.2, -0.15) is 0 Å². The van der Waals surface area contributed by atoms with E-state index in [1.54, 1.807) is 7.05 Å². The third-order valence-electron chi connectivity index (χ3n) is 2.10. The first-order valence-corrected chi connectivity index (χ1v) is 5.31. The Hall–Kier alpha value is -1.55. The van der Waals surface area contributed by atoms with Crippen LogP contribution in [0, 0.1) is 0 Å². The Morgan fingerprint density at radius 2 is 2.12 bits per heavy atom. The van der Waals surface area contributed by atoms with Crippen molar-refractivity contribution in [1.29, 1.82) is 0 Å². The lowest BCUT2D eigenvalue weighted by Crippen LogP contribution is -2.18. The molecule has 0 saturated heterocycles. The van der Waals surface area contributed by atoms with Gasteiger partial charge in [0.1, 0.15) is 5.76 Å². The van der Waals surface area contributed by atoms with E-state index in [9.17, 15) is 0 Å². The largest absolute Gasteiger partial charge is 0.432 e. The highest BCUT2D eigenvalue weighted by atomic mass is 32.1.